The van der Waals surface area contributed by atoms with Crippen LogP contribution in [0.25, 0.3) is 0 Å². The van der Waals surface area contributed by atoms with Gasteiger partial charge in [-0.1, -0.05) is 6.92 Å². The first-order valence-electron chi connectivity index (χ1n) is 5.45. The predicted molar refractivity (Wildman–Crippen MR) is 65.6 cm³/mol. The molecule has 1 rings (SSSR count). The van der Waals surface area contributed by atoms with Crippen molar-refractivity contribution in [3.8, 4) is 0 Å². The van der Waals surface area contributed by atoms with E-state index in [0.29, 0.717) is 6.61 Å². The Morgan fingerprint density at radius 3 is 2.75 bits per heavy atom. The molecule has 2 N–H and O–H groups in total. The number of rotatable bonds is 5. The molecule has 1 atom stereocenters. The Hall–Kier alpha value is -1.35. The summed E-state index contributed by atoms with van der Waals surface area (Å²) >= 11 is 0. The molecule has 0 aliphatic carbocycles. The summed E-state index contributed by atoms with van der Waals surface area (Å²) in [5.74, 6) is 0.142. The lowest BCUT2D eigenvalue weighted by atomic mass is 9.95. The van der Waals surface area contributed by atoms with Gasteiger partial charge in [0.15, 0.2) is 5.78 Å². The molecule has 16 heavy (non-hydrogen) atoms. The predicted octanol–water partition coefficient (Wildman–Crippen LogP) is 2.43. The van der Waals surface area contributed by atoms with E-state index in [1.807, 2.05) is 19.9 Å². The number of methoxy groups -OCH3 is 1. The number of nitrogen functional groups attached to an aromatic ring is 1. The third-order valence-corrected chi connectivity index (χ3v) is 2.76. The first-order valence-corrected chi connectivity index (χ1v) is 5.45. The Bertz CT molecular complexity index is 374. The fourth-order valence-electron chi connectivity index (χ4n) is 1.54. The molecule has 3 nitrogen and oxygen atoms in total. The molecule has 1 aromatic carbocycles. The van der Waals surface area contributed by atoms with Gasteiger partial charge in [0.05, 0.1) is 0 Å². The van der Waals surface area contributed by atoms with Crippen molar-refractivity contribution in [3.05, 3.63) is 29.3 Å². The highest BCUT2D eigenvalue weighted by Gasteiger charge is 2.15. The summed E-state index contributed by atoms with van der Waals surface area (Å²) < 4.78 is 4.97. The maximum absolute atomic E-state index is 12.0. The summed E-state index contributed by atoms with van der Waals surface area (Å²) in [6, 6.07) is 5.42. The number of carbonyl (C=O) groups is 1. The second-order valence-electron chi connectivity index (χ2n) is 4.12. The van der Waals surface area contributed by atoms with Crippen molar-refractivity contribution in [2.75, 3.05) is 19.5 Å². The van der Waals surface area contributed by atoms with Crippen LogP contribution in [0.2, 0.25) is 0 Å². The molecule has 1 unspecified atom stereocenters. The topological polar surface area (TPSA) is 52.3 Å². The van der Waals surface area contributed by atoms with Crippen molar-refractivity contribution in [3.63, 3.8) is 0 Å². The number of hydrogen-bond acceptors (Lipinski definition) is 3. The van der Waals surface area contributed by atoms with Gasteiger partial charge in [-0.25, -0.2) is 0 Å². The van der Waals surface area contributed by atoms with Gasteiger partial charge in [-0.15, -0.1) is 0 Å². The minimum absolute atomic E-state index is 0.0111. The zero-order valence-corrected chi connectivity index (χ0v) is 10.1. The van der Waals surface area contributed by atoms with E-state index in [2.05, 4.69) is 0 Å². The molecule has 0 amide bonds. The van der Waals surface area contributed by atoms with E-state index in [0.717, 1.165) is 23.2 Å². The van der Waals surface area contributed by atoms with Crippen LogP contribution < -0.4 is 5.73 Å². The molecule has 0 saturated heterocycles. The number of carbonyl (C=O) groups excluding carboxylic acids is 1. The lowest BCUT2D eigenvalue weighted by Gasteiger charge is -2.10. The van der Waals surface area contributed by atoms with Gasteiger partial charge in [-0.2, -0.15) is 0 Å². The average Bonchev–Trinajstić information content (AvgIpc) is 2.28. The van der Waals surface area contributed by atoms with Crippen LogP contribution in [0.15, 0.2) is 18.2 Å². The van der Waals surface area contributed by atoms with E-state index in [-0.39, 0.29) is 11.7 Å². The molecule has 0 saturated carbocycles. The Balaban J connectivity index is 2.76. The third kappa shape index (κ3) is 3.07. The van der Waals surface area contributed by atoms with Crippen LogP contribution in [0.5, 0.6) is 0 Å². The van der Waals surface area contributed by atoms with Crippen LogP contribution in [0.1, 0.15) is 29.3 Å². The first-order chi connectivity index (χ1) is 7.56. The normalized spacial score (nSPS) is 12.4. The molecule has 0 aliphatic heterocycles. The van der Waals surface area contributed by atoms with Gasteiger partial charge in [0.25, 0.3) is 0 Å². The summed E-state index contributed by atoms with van der Waals surface area (Å²) in [4.78, 5) is 12.0. The number of anilines is 1. The van der Waals surface area contributed by atoms with Gasteiger partial charge in [0, 0.05) is 30.9 Å². The smallest absolute Gasteiger partial charge is 0.165 e. The maximum atomic E-state index is 12.0. The van der Waals surface area contributed by atoms with Crippen LogP contribution >= 0.6 is 0 Å². The highest BCUT2D eigenvalue weighted by molar-refractivity contribution is 5.98. The summed E-state index contributed by atoms with van der Waals surface area (Å²) in [5, 5.41) is 0. The summed E-state index contributed by atoms with van der Waals surface area (Å²) in [6.07, 6.45) is 0.749. The summed E-state index contributed by atoms with van der Waals surface area (Å²) in [5.41, 5.74) is 8.12. The molecular weight excluding hydrogens is 202 g/mol. The van der Waals surface area contributed by atoms with Crippen molar-refractivity contribution in [1.82, 2.24) is 0 Å². The highest BCUT2D eigenvalue weighted by atomic mass is 16.5. The lowest BCUT2D eigenvalue weighted by Crippen LogP contribution is -2.13. The monoisotopic (exact) mass is 221 g/mol. The van der Waals surface area contributed by atoms with Gasteiger partial charge in [-0.05, 0) is 37.1 Å². The maximum Gasteiger partial charge on any atom is 0.165 e. The summed E-state index contributed by atoms with van der Waals surface area (Å²) in [6.45, 7) is 4.44. The number of ketones is 1. The lowest BCUT2D eigenvalue weighted by molar-refractivity contribution is 0.0893. The van der Waals surface area contributed by atoms with Crippen molar-refractivity contribution >= 4 is 11.5 Å². The van der Waals surface area contributed by atoms with E-state index in [1.165, 1.54) is 0 Å². The Morgan fingerprint density at radius 1 is 1.50 bits per heavy atom. The molecule has 0 aliphatic rings. The van der Waals surface area contributed by atoms with Crippen LogP contribution in [0, 0.1) is 12.8 Å². The minimum Gasteiger partial charge on any atom is -0.399 e. The molecule has 88 valence electrons. The Kier molecular flexibility index (Phi) is 4.50. The van der Waals surface area contributed by atoms with Gasteiger partial charge in [0.1, 0.15) is 0 Å². The van der Waals surface area contributed by atoms with E-state index in [4.69, 9.17) is 10.5 Å². The van der Waals surface area contributed by atoms with Crippen molar-refractivity contribution < 1.29 is 9.53 Å². The largest absolute Gasteiger partial charge is 0.399 e. The number of nitrogens with two attached hydrogens (primary N) is 1. The molecule has 0 radical (unpaired) electrons. The Labute approximate surface area is 96.6 Å². The fourth-order valence-corrected chi connectivity index (χ4v) is 1.54. The van der Waals surface area contributed by atoms with Crippen molar-refractivity contribution in [2.45, 2.75) is 20.3 Å². The molecule has 3 heteroatoms. The van der Waals surface area contributed by atoms with Gasteiger partial charge >= 0.3 is 0 Å². The summed E-state index contributed by atoms with van der Waals surface area (Å²) in [7, 11) is 1.64. The molecular formula is C13H19NO2. The van der Waals surface area contributed by atoms with E-state index in [1.54, 1.807) is 19.2 Å². The van der Waals surface area contributed by atoms with Crippen LogP contribution in [-0.2, 0) is 4.74 Å². The molecule has 0 aromatic heterocycles. The second kappa shape index (κ2) is 5.66. The van der Waals surface area contributed by atoms with Crippen molar-refractivity contribution in [1.29, 1.82) is 0 Å². The number of hydrogen-bond donors (Lipinski definition) is 1. The Morgan fingerprint density at radius 2 is 2.19 bits per heavy atom. The van der Waals surface area contributed by atoms with Crippen molar-refractivity contribution in [2.24, 2.45) is 5.92 Å². The van der Waals surface area contributed by atoms with Crippen LogP contribution in [-0.4, -0.2) is 19.5 Å². The van der Waals surface area contributed by atoms with Gasteiger partial charge in [-0.3, -0.25) is 4.79 Å². The molecule has 0 bridgehead atoms. The molecule has 0 fully saturated rings. The fraction of sp³-hybridized carbons (Fsp3) is 0.462. The number of aryl methyl sites for hydroxylation is 1. The first kappa shape index (κ1) is 12.7. The minimum atomic E-state index is -0.0111. The molecule has 0 heterocycles. The third-order valence-electron chi connectivity index (χ3n) is 2.76. The van der Waals surface area contributed by atoms with Crippen LogP contribution in [0.3, 0.4) is 0 Å². The second-order valence-corrected chi connectivity index (χ2v) is 4.12. The average molecular weight is 221 g/mol. The van der Waals surface area contributed by atoms with E-state index < -0.39 is 0 Å². The number of benzene rings is 1. The van der Waals surface area contributed by atoms with Gasteiger partial charge < -0.3 is 10.5 Å². The van der Waals surface area contributed by atoms with Gasteiger partial charge in [0.2, 0.25) is 0 Å². The number of Topliss-reactive ketones (excluding diaryl/α,β-unsaturated/α-hetero) is 1. The SMILES string of the molecule is COCCC(C)C(=O)c1ccc(N)c(C)c1. The quantitative estimate of drug-likeness (QED) is 0.613. The van der Waals surface area contributed by atoms with Crippen LogP contribution in [0.4, 0.5) is 5.69 Å². The molecule has 0 spiro atoms. The number of ether oxygens (including phenoxy) is 1. The standard InChI is InChI=1S/C13H19NO2/c1-9(6-7-16-3)13(15)11-4-5-12(14)10(2)8-11/h4-5,8-9H,6-7,14H2,1-3H3. The highest BCUT2D eigenvalue weighted by Crippen LogP contribution is 2.17. The molecule has 1 aromatic rings. The zero-order valence-electron chi connectivity index (χ0n) is 10.1. The van der Waals surface area contributed by atoms with E-state index >= 15 is 0 Å². The van der Waals surface area contributed by atoms with E-state index in [9.17, 15) is 4.79 Å². The zero-order chi connectivity index (χ0) is 12.1.